The summed E-state index contributed by atoms with van der Waals surface area (Å²) in [5.74, 6) is 0.811. The highest BCUT2D eigenvalue weighted by Gasteiger charge is 2.10. The lowest BCUT2D eigenvalue weighted by Crippen LogP contribution is -2.10. The maximum Gasteiger partial charge on any atom is 0.149 e. The molecule has 0 fully saturated rings. The molecule has 4 heteroatoms. The van der Waals surface area contributed by atoms with Crippen molar-refractivity contribution in [2.75, 3.05) is 11.6 Å². The Morgan fingerprint density at radius 2 is 1.89 bits per heavy atom. The SMILES string of the molecule is CSc1ccc(NC(C)c2cccc(C)c2C)nn1. The van der Waals surface area contributed by atoms with E-state index in [1.54, 1.807) is 11.8 Å². The van der Waals surface area contributed by atoms with E-state index in [1.165, 1.54) is 16.7 Å². The van der Waals surface area contributed by atoms with Gasteiger partial charge >= 0.3 is 0 Å². The average Bonchev–Trinajstić information content (AvgIpc) is 2.42. The summed E-state index contributed by atoms with van der Waals surface area (Å²) in [4.78, 5) is 0. The minimum atomic E-state index is 0.217. The molecule has 0 saturated carbocycles. The molecule has 0 spiro atoms. The van der Waals surface area contributed by atoms with E-state index in [4.69, 9.17) is 0 Å². The summed E-state index contributed by atoms with van der Waals surface area (Å²) in [6.45, 7) is 6.44. The van der Waals surface area contributed by atoms with Crippen LogP contribution in [0.5, 0.6) is 0 Å². The summed E-state index contributed by atoms with van der Waals surface area (Å²) < 4.78 is 0. The minimum absolute atomic E-state index is 0.217. The Hall–Kier alpha value is -1.55. The molecule has 1 unspecified atom stereocenters. The van der Waals surface area contributed by atoms with Gasteiger partial charge in [-0.3, -0.25) is 0 Å². The minimum Gasteiger partial charge on any atom is -0.362 e. The van der Waals surface area contributed by atoms with Crippen LogP contribution in [-0.2, 0) is 0 Å². The molecule has 0 aliphatic carbocycles. The smallest absolute Gasteiger partial charge is 0.149 e. The summed E-state index contributed by atoms with van der Waals surface area (Å²) >= 11 is 1.60. The molecular formula is C15H19N3S. The van der Waals surface area contributed by atoms with Crippen LogP contribution in [0.4, 0.5) is 5.82 Å². The van der Waals surface area contributed by atoms with Crippen molar-refractivity contribution in [3.63, 3.8) is 0 Å². The van der Waals surface area contributed by atoms with E-state index >= 15 is 0 Å². The normalized spacial score (nSPS) is 12.2. The number of anilines is 1. The molecule has 3 nitrogen and oxygen atoms in total. The first-order chi connectivity index (χ1) is 9.11. The third kappa shape index (κ3) is 3.26. The molecule has 2 aromatic rings. The number of nitrogens with one attached hydrogen (secondary N) is 1. The predicted octanol–water partition coefficient (Wildman–Crippen LogP) is 3.99. The van der Waals surface area contributed by atoms with Crippen LogP contribution in [0.2, 0.25) is 0 Å². The zero-order valence-corrected chi connectivity index (χ0v) is 12.6. The van der Waals surface area contributed by atoms with E-state index in [-0.39, 0.29) is 6.04 Å². The number of nitrogens with zero attached hydrogens (tertiary/aromatic N) is 2. The number of hydrogen-bond donors (Lipinski definition) is 1. The summed E-state index contributed by atoms with van der Waals surface area (Å²) in [5, 5.41) is 12.6. The monoisotopic (exact) mass is 273 g/mol. The molecule has 1 heterocycles. The highest BCUT2D eigenvalue weighted by molar-refractivity contribution is 7.98. The molecule has 0 saturated heterocycles. The van der Waals surface area contributed by atoms with Crippen molar-refractivity contribution in [1.29, 1.82) is 0 Å². The van der Waals surface area contributed by atoms with Crippen molar-refractivity contribution in [1.82, 2.24) is 10.2 Å². The van der Waals surface area contributed by atoms with Crippen LogP contribution in [0.25, 0.3) is 0 Å². The molecule has 1 aromatic carbocycles. The highest BCUT2D eigenvalue weighted by Crippen LogP contribution is 2.23. The van der Waals surface area contributed by atoms with Gasteiger partial charge in [0.25, 0.3) is 0 Å². The molecule has 0 aliphatic heterocycles. The Morgan fingerprint density at radius 3 is 2.53 bits per heavy atom. The molecule has 0 bridgehead atoms. The fourth-order valence-electron chi connectivity index (χ4n) is 2.05. The van der Waals surface area contributed by atoms with Gasteiger partial charge in [-0.2, -0.15) is 0 Å². The molecule has 0 radical (unpaired) electrons. The van der Waals surface area contributed by atoms with Gasteiger partial charge in [0.15, 0.2) is 0 Å². The number of hydrogen-bond acceptors (Lipinski definition) is 4. The first-order valence-electron chi connectivity index (χ1n) is 6.32. The van der Waals surface area contributed by atoms with E-state index in [1.807, 2.05) is 18.4 Å². The molecule has 0 amide bonds. The number of rotatable bonds is 4. The zero-order chi connectivity index (χ0) is 13.8. The zero-order valence-electron chi connectivity index (χ0n) is 11.8. The third-order valence-electron chi connectivity index (χ3n) is 3.33. The van der Waals surface area contributed by atoms with Gasteiger partial charge < -0.3 is 5.32 Å². The fraction of sp³-hybridized carbons (Fsp3) is 0.333. The molecule has 2 rings (SSSR count). The van der Waals surface area contributed by atoms with E-state index < -0.39 is 0 Å². The quantitative estimate of drug-likeness (QED) is 0.855. The van der Waals surface area contributed by atoms with Crippen molar-refractivity contribution in [3.8, 4) is 0 Å². The molecule has 1 atom stereocenters. The van der Waals surface area contributed by atoms with Crippen molar-refractivity contribution in [2.24, 2.45) is 0 Å². The molecule has 1 N–H and O–H groups in total. The molecular weight excluding hydrogens is 254 g/mol. The van der Waals surface area contributed by atoms with Gasteiger partial charge in [-0.05, 0) is 55.9 Å². The topological polar surface area (TPSA) is 37.8 Å². The second kappa shape index (κ2) is 6.06. The number of aryl methyl sites for hydroxylation is 1. The van der Waals surface area contributed by atoms with Crippen LogP contribution in [-0.4, -0.2) is 16.5 Å². The predicted molar refractivity (Wildman–Crippen MR) is 81.8 cm³/mol. The van der Waals surface area contributed by atoms with Crippen molar-refractivity contribution in [2.45, 2.75) is 31.8 Å². The van der Waals surface area contributed by atoms with Crippen LogP contribution < -0.4 is 5.32 Å². The van der Waals surface area contributed by atoms with Gasteiger partial charge in [0.1, 0.15) is 10.8 Å². The van der Waals surface area contributed by atoms with E-state index in [0.29, 0.717) is 0 Å². The summed E-state index contributed by atoms with van der Waals surface area (Å²) in [6, 6.07) is 10.6. The summed E-state index contributed by atoms with van der Waals surface area (Å²) in [6.07, 6.45) is 2.00. The maximum atomic E-state index is 4.19. The van der Waals surface area contributed by atoms with Crippen molar-refractivity contribution in [3.05, 3.63) is 47.0 Å². The Morgan fingerprint density at radius 1 is 1.11 bits per heavy atom. The van der Waals surface area contributed by atoms with Crippen LogP contribution in [0.3, 0.4) is 0 Å². The first kappa shape index (κ1) is 13.9. The number of aromatic nitrogens is 2. The van der Waals surface area contributed by atoms with Crippen LogP contribution >= 0.6 is 11.8 Å². The standard InChI is InChI=1S/C15H19N3S/c1-10-6-5-7-13(11(10)2)12(3)16-14-8-9-15(19-4)18-17-14/h5-9,12H,1-4H3,(H,16,17). The Balaban J connectivity index is 2.15. The van der Waals surface area contributed by atoms with Gasteiger partial charge in [0, 0.05) is 0 Å². The Kier molecular flexibility index (Phi) is 4.43. The molecule has 19 heavy (non-hydrogen) atoms. The van der Waals surface area contributed by atoms with E-state index in [2.05, 4.69) is 54.5 Å². The lowest BCUT2D eigenvalue weighted by Gasteiger charge is -2.18. The fourth-order valence-corrected chi connectivity index (χ4v) is 2.37. The largest absolute Gasteiger partial charge is 0.362 e. The third-order valence-corrected chi connectivity index (χ3v) is 3.96. The second-order valence-electron chi connectivity index (χ2n) is 4.62. The van der Waals surface area contributed by atoms with Crippen LogP contribution in [0, 0.1) is 13.8 Å². The summed E-state index contributed by atoms with van der Waals surface area (Å²) in [7, 11) is 0. The van der Waals surface area contributed by atoms with E-state index in [9.17, 15) is 0 Å². The lowest BCUT2D eigenvalue weighted by atomic mass is 9.98. The van der Waals surface area contributed by atoms with Gasteiger partial charge in [0.2, 0.25) is 0 Å². The summed E-state index contributed by atoms with van der Waals surface area (Å²) in [5.41, 5.74) is 3.95. The molecule has 0 aliphatic rings. The first-order valence-corrected chi connectivity index (χ1v) is 7.54. The van der Waals surface area contributed by atoms with Crippen LogP contribution in [0.1, 0.15) is 29.7 Å². The van der Waals surface area contributed by atoms with Gasteiger partial charge in [-0.1, -0.05) is 18.2 Å². The Labute approximate surface area is 118 Å². The van der Waals surface area contributed by atoms with Crippen molar-refractivity contribution >= 4 is 17.6 Å². The maximum absolute atomic E-state index is 4.19. The second-order valence-corrected chi connectivity index (χ2v) is 5.44. The number of benzene rings is 1. The van der Waals surface area contributed by atoms with Crippen molar-refractivity contribution < 1.29 is 0 Å². The average molecular weight is 273 g/mol. The molecule has 1 aromatic heterocycles. The van der Waals surface area contributed by atoms with Gasteiger partial charge in [-0.15, -0.1) is 22.0 Å². The highest BCUT2D eigenvalue weighted by atomic mass is 32.2. The van der Waals surface area contributed by atoms with Gasteiger partial charge in [0.05, 0.1) is 6.04 Å². The lowest BCUT2D eigenvalue weighted by molar-refractivity contribution is 0.837. The molecule has 100 valence electrons. The Bertz CT molecular complexity index is 552. The van der Waals surface area contributed by atoms with Gasteiger partial charge in [-0.25, -0.2) is 0 Å². The number of thioether (sulfide) groups is 1. The van der Waals surface area contributed by atoms with E-state index in [0.717, 1.165) is 10.8 Å². The van der Waals surface area contributed by atoms with Crippen LogP contribution in [0.15, 0.2) is 35.4 Å².